The Balaban J connectivity index is 0.00000160. The fourth-order valence-corrected chi connectivity index (χ4v) is 6.18. The summed E-state index contributed by atoms with van der Waals surface area (Å²) in [6.07, 6.45) is 7.37. The first-order valence-corrected chi connectivity index (χ1v) is 16.3. The molecule has 1 aliphatic rings. The van der Waals surface area contributed by atoms with E-state index in [0.717, 1.165) is 40.7 Å². The number of carbonyl (C=O) groups excluding carboxylic acids is 2. The monoisotopic (exact) mass is 659 g/mol. The van der Waals surface area contributed by atoms with Gasteiger partial charge in [0.05, 0.1) is 33.0 Å². The summed E-state index contributed by atoms with van der Waals surface area (Å²) < 4.78 is 7.37. The number of nitriles is 1. The summed E-state index contributed by atoms with van der Waals surface area (Å²) in [5.41, 5.74) is 2.58. The van der Waals surface area contributed by atoms with Gasteiger partial charge in [0.1, 0.15) is 11.6 Å². The molecule has 0 radical (unpaired) electrons. The van der Waals surface area contributed by atoms with Crippen LogP contribution in [-0.4, -0.2) is 61.5 Å². The van der Waals surface area contributed by atoms with Gasteiger partial charge >= 0.3 is 0 Å². The highest BCUT2D eigenvalue weighted by Gasteiger charge is 2.32. The number of imidazole rings is 1. The van der Waals surface area contributed by atoms with Crippen molar-refractivity contribution in [3.63, 3.8) is 0 Å². The van der Waals surface area contributed by atoms with Crippen molar-refractivity contribution in [2.45, 2.75) is 79.1 Å². The van der Waals surface area contributed by atoms with Crippen LogP contribution in [0.4, 0.5) is 5.95 Å². The second-order valence-electron chi connectivity index (χ2n) is 12.5. The predicted octanol–water partition coefficient (Wildman–Crippen LogP) is 6.08. The molecule has 0 saturated carbocycles. The third kappa shape index (κ3) is 8.93. The number of fused-ring (bicyclic) bond motifs is 1. The van der Waals surface area contributed by atoms with Crippen molar-refractivity contribution in [1.29, 1.82) is 5.26 Å². The number of likely N-dealkylation sites (tertiary alicyclic amines) is 1. The molecule has 0 spiro atoms. The largest absolute Gasteiger partial charge is 0.483 e. The number of rotatable bonds is 10. The Morgan fingerprint density at radius 1 is 1.28 bits per heavy atom. The smallest absolute Gasteiger partial charge is 0.290 e. The topological polar surface area (TPSA) is 166 Å². The number of nitrogens with zero attached hydrogens (tertiary/aromatic N) is 5. The van der Waals surface area contributed by atoms with Crippen molar-refractivity contribution < 1.29 is 23.9 Å². The van der Waals surface area contributed by atoms with E-state index in [2.05, 4.69) is 41.6 Å². The number of allylic oxidation sites excluding steroid dienone is 1. The molecule has 47 heavy (non-hydrogen) atoms. The zero-order chi connectivity index (χ0) is 34.1. The highest BCUT2D eigenvalue weighted by atomic mass is 32.1. The second-order valence-corrected chi connectivity index (χ2v) is 13.6. The van der Waals surface area contributed by atoms with Crippen molar-refractivity contribution in [3.8, 4) is 16.7 Å². The summed E-state index contributed by atoms with van der Waals surface area (Å²) in [6, 6.07) is 12.1. The fraction of sp³-hybridized carbons (Fsp3) is 0.412. The molecule has 1 aliphatic heterocycles. The molecule has 1 aromatic carbocycles. The lowest BCUT2D eigenvalue weighted by atomic mass is 9.93. The Labute approximate surface area is 278 Å². The first-order chi connectivity index (χ1) is 22.5. The average molecular weight is 660 g/mol. The van der Waals surface area contributed by atoms with E-state index in [1.807, 2.05) is 43.5 Å². The van der Waals surface area contributed by atoms with Crippen LogP contribution in [0.5, 0.6) is 0 Å². The highest BCUT2D eigenvalue weighted by Crippen LogP contribution is 2.30. The summed E-state index contributed by atoms with van der Waals surface area (Å²) in [5.74, 6) is 0.479. The molecule has 2 atom stereocenters. The molecule has 0 bridgehead atoms. The molecular weight excluding hydrogens is 618 g/mol. The predicted molar refractivity (Wildman–Crippen MR) is 181 cm³/mol. The maximum atomic E-state index is 13.5. The van der Waals surface area contributed by atoms with Crippen LogP contribution in [0.3, 0.4) is 0 Å². The molecule has 12 nitrogen and oxygen atoms in total. The third-order valence-corrected chi connectivity index (χ3v) is 8.87. The van der Waals surface area contributed by atoms with Gasteiger partial charge in [-0.2, -0.15) is 5.26 Å². The highest BCUT2D eigenvalue weighted by molar-refractivity contribution is 7.17. The SMILES string of the molecule is CCC(C)NCc1ccc2c(c1)nc(NC(=O)c1ccc(-c3cnco3)s1)n2C[C@H]1CCCN1C(=O)C(C#N)=CC(C)(C)C.O=CO. The lowest BCUT2D eigenvalue weighted by molar-refractivity contribution is -0.127. The Morgan fingerprint density at radius 3 is 2.70 bits per heavy atom. The number of hydrogen-bond acceptors (Lipinski definition) is 9. The number of oxazole rings is 1. The van der Waals surface area contributed by atoms with E-state index in [1.165, 1.54) is 17.7 Å². The molecule has 13 heteroatoms. The Kier molecular flexibility index (Phi) is 11.7. The zero-order valence-corrected chi connectivity index (χ0v) is 28.1. The molecular formula is C34H41N7O5S. The quantitative estimate of drug-likeness (QED) is 0.104. The number of thiophene rings is 1. The Hall–Kier alpha value is -4.80. The van der Waals surface area contributed by atoms with Gasteiger partial charge in [-0.15, -0.1) is 11.3 Å². The van der Waals surface area contributed by atoms with Crippen molar-refractivity contribution in [1.82, 2.24) is 24.8 Å². The molecule has 3 N–H and O–H groups in total. The number of carboxylic acid groups (broad SMARTS) is 1. The molecule has 3 aromatic heterocycles. The second kappa shape index (κ2) is 15.7. The normalized spacial score (nSPS) is 15.5. The van der Waals surface area contributed by atoms with Gasteiger partial charge in [0.15, 0.2) is 12.2 Å². The average Bonchev–Trinajstić information content (AvgIpc) is 3.86. The van der Waals surface area contributed by atoms with Gasteiger partial charge < -0.3 is 24.3 Å². The summed E-state index contributed by atoms with van der Waals surface area (Å²) >= 11 is 1.31. The first kappa shape index (κ1) is 35.1. The third-order valence-electron chi connectivity index (χ3n) is 7.77. The van der Waals surface area contributed by atoms with Gasteiger partial charge in [0.25, 0.3) is 18.3 Å². The summed E-state index contributed by atoms with van der Waals surface area (Å²) in [4.78, 5) is 47.3. The molecule has 248 valence electrons. The van der Waals surface area contributed by atoms with Gasteiger partial charge in [-0.25, -0.2) is 9.97 Å². The lowest BCUT2D eigenvalue weighted by Gasteiger charge is -2.26. The summed E-state index contributed by atoms with van der Waals surface area (Å²) in [6.45, 7) is 11.7. The zero-order valence-electron chi connectivity index (χ0n) is 27.3. The molecule has 1 fully saturated rings. The summed E-state index contributed by atoms with van der Waals surface area (Å²) in [5, 5.41) is 23.2. The minimum atomic E-state index is -0.301. The number of hydrogen-bond donors (Lipinski definition) is 3. The van der Waals surface area contributed by atoms with Crippen LogP contribution in [0, 0.1) is 16.7 Å². The van der Waals surface area contributed by atoms with Gasteiger partial charge in [0, 0.05) is 25.7 Å². The van der Waals surface area contributed by atoms with Crippen molar-refractivity contribution in [3.05, 3.63) is 65.0 Å². The molecule has 5 rings (SSSR count). The minimum absolute atomic E-state index is 0.154. The number of nitrogens with one attached hydrogen (secondary N) is 2. The number of anilines is 1. The number of carbonyl (C=O) groups is 3. The van der Waals surface area contributed by atoms with Gasteiger partial charge in [0.2, 0.25) is 5.95 Å². The fourth-order valence-electron chi connectivity index (χ4n) is 5.33. The number of amides is 2. The van der Waals surface area contributed by atoms with Gasteiger partial charge in [-0.1, -0.05) is 39.8 Å². The van der Waals surface area contributed by atoms with Crippen LogP contribution in [0.25, 0.3) is 21.7 Å². The van der Waals surface area contributed by atoms with Crippen molar-refractivity contribution >= 4 is 46.6 Å². The van der Waals surface area contributed by atoms with E-state index < -0.39 is 0 Å². The van der Waals surface area contributed by atoms with Gasteiger partial charge in [-0.3, -0.25) is 19.7 Å². The maximum Gasteiger partial charge on any atom is 0.290 e. The van der Waals surface area contributed by atoms with E-state index >= 15 is 0 Å². The molecule has 4 aromatic rings. The van der Waals surface area contributed by atoms with E-state index in [-0.39, 0.29) is 35.3 Å². The van der Waals surface area contributed by atoms with Crippen LogP contribution >= 0.6 is 11.3 Å². The van der Waals surface area contributed by atoms with E-state index in [0.29, 0.717) is 42.3 Å². The Bertz CT molecular complexity index is 1760. The molecule has 0 aliphatic carbocycles. The first-order valence-electron chi connectivity index (χ1n) is 15.5. The summed E-state index contributed by atoms with van der Waals surface area (Å²) in [7, 11) is 0. The standard InChI is InChI=1S/C33H39N7O3S.CH2O2/c1-6-21(2)36-17-22-9-10-26-25(14-22)37-32(38-30(41)29-12-11-28(44-29)27-18-35-20-43-27)40(26)19-24-8-7-13-39(24)31(42)23(16-34)15-33(3,4)5;2-1-3/h9-12,14-15,18,20-21,24,36H,6-8,13,17,19H2,1-5H3,(H,37,38,41);1H,(H,2,3)/t21?,24-;/m1./s1. The number of benzene rings is 1. The molecule has 2 amide bonds. The van der Waals surface area contributed by atoms with Gasteiger partial charge in [-0.05, 0) is 61.4 Å². The van der Waals surface area contributed by atoms with Crippen molar-refractivity contribution in [2.75, 3.05) is 11.9 Å². The molecule has 1 unspecified atom stereocenters. The van der Waals surface area contributed by atoms with Crippen LogP contribution < -0.4 is 10.6 Å². The van der Waals surface area contributed by atoms with Crippen LogP contribution in [0.1, 0.15) is 69.1 Å². The minimum Gasteiger partial charge on any atom is -0.483 e. The van der Waals surface area contributed by atoms with Crippen molar-refractivity contribution in [2.24, 2.45) is 5.41 Å². The van der Waals surface area contributed by atoms with E-state index in [9.17, 15) is 14.9 Å². The van der Waals surface area contributed by atoms with Crippen LogP contribution in [0.2, 0.25) is 0 Å². The lowest BCUT2D eigenvalue weighted by Crippen LogP contribution is -2.39. The maximum absolute atomic E-state index is 13.5. The van der Waals surface area contributed by atoms with Crippen LogP contribution in [-0.2, 0) is 22.7 Å². The number of aromatic nitrogens is 3. The molecule has 1 saturated heterocycles. The molecule has 4 heterocycles. The van der Waals surface area contributed by atoms with Crippen LogP contribution in [0.15, 0.2) is 59.0 Å². The Morgan fingerprint density at radius 2 is 2.04 bits per heavy atom. The van der Waals surface area contributed by atoms with E-state index in [4.69, 9.17) is 19.3 Å². The van der Waals surface area contributed by atoms with E-state index in [1.54, 1.807) is 23.2 Å².